The maximum absolute atomic E-state index is 10.7. The summed E-state index contributed by atoms with van der Waals surface area (Å²) in [5.74, 6) is -0.900. The minimum Gasteiger partial charge on any atom is -0.481 e. The zero-order valence-corrected chi connectivity index (χ0v) is 12.2. The number of carboxylic acid groups (broad SMARTS) is 1. The van der Waals surface area contributed by atoms with Gasteiger partial charge in [0, 0.05) is 0 Å². The van der Waals surface area contributed by atoms with Crippen LogP contribution in [0.15, 0.2) is 24.3 Å². The first-order valence-corrected chi connectivity index (χ1v) is 6.53. The number of nitrogens with zero attached hydrogens (tertiary/aromatic N) is 3. The lowest BCUT2D eigenvalue weighted by Crippen LogP contribution is -2.11. The van der Waals surface area contributed by atoms with E-state index in [2.05, 4.69) is 43.2 Å². The van der Waals surface area contributed by atoms with Crippen LogP contribution < -0.4 is 0 Å². The normalized spacial score (nSPS) is 11.6. The second kappa shape index (κ2) is 5.07. The molecule has 0 aliphatic heterocycles. The molecule has 0 radical (unpaired) electrons. The molecule has 0 atom stereocenters. The van der Waals surface area contributed by atoms with Gasteiger partial charge < -0.3 is 5.11 Å². The van der Waals surface area contributed by atoms with Gasteiger partial charge in [0.25, 0.3) is 0 Å². The summed E-state index contributed by atoms with van der Waals surface area (Å²) in [4.78, 5) is 10.7. The van der Waals surface area contributed by atoms with Crippen LogP contribution in [0.3, 0.4) is 0 Å². The Labute approximate surface area is 118 Å². The first kappa shape index (κ1) is 14.2. The van der Waals surface area contributed by atoms with Crippen molar-refractivity contribution in [1.29, 1.82) is 0 Å². The number of aliphatic carboxylic acids is 1. The van der Waals surface area contributed by atoms with Gasteiger partial charge in [-0.3, -0.25) is 4.79 Å². The first-order valence-electron chi connectivity index (χ1n) is 6.53. The van der Waals surface area contributed by atoms with Crippen molar-refractivity contribution in [3.8, 4) is 5.69 Å². The predicted molar refractivity (Wildman–Crippen MR) is 76.1 cm³/mol. The molecule has 1 aromatic carbocycles. The highest BCUT2D eigenvalue weighted by molar-refractivity contribution is 5.69. The van der Waals surface area contributed by atoms with Crippen LogP contribution in [-0.2, 0) is 16.6 Å². The smallest absolute Gasteiger partial charge is 0.309 e. The Hall–Kier alpha value is -2.17. The topological polar surface area (TPSA) is 68.0 Å². The van der Waals surface area contributed by atoms with E-state index < -0.39 is 5.97 Å². The number of rotatable bonds is 3. The summed E-state index contributed by atoms with van der Waals surface area (Å²) in [6.07, 6.45) is -0.105. The molecular weight excluding hydrogens is 254 g/mol. The molecule has 0 saturated heterocycles. The highest BCUT2D eigenvalue weighted by Crippen LogP contribution is 2.23. The van der Waals surface area contributed by atoms with Gasteiger partial charge in [-0.25, -0.2) is 4.68 Å². The number of benzene rings is 1. The van der Waals surface area contributed by atoms with Gasteiger partial charge in [0.2, 0.25) is 0 Å². The molecule has 1 heterocycles. The molecule has 106 valence electrons. The zero-order chi connectivity index (χ0) is 14.9. The van der Waals surface area contributed by atoms with Gasteiger partial charge in [0.1, 0.15) is 0 Å². The quantitative estimate of drug-likeness (QED) is 0.933. The van der Waals surface area contributed by atoms with Gasteiger partial charge >= 0.3 is 5.97 Å². The van der Waals surface area contributed by atoms with E-state index in [1.807, 2.05) is 19.1 Å². The summed E-state index contributed by atoms with van der Waals surface area (Å²) in [5.41, 5.74) is 3.49. The van der Waals surface area contributed by atoms with Crippen molar-refractivity contribution in [2.75, 3.05) is 0 Å². The van der Waals surface area contributed by atoms with Crippen molar-refractivity contribution < 1.29 is 9.90 Å². The van der Waals surface area contributed by atoms with E-state index in [9.17, 15) is 4.79 Å². The molecular formula is C15H19N3O2. The van der Waals surface area contributed by atoms with Gasteiger partial charge in [-0.2, -0.15) is 0 Å². The number of carbonyl (C=O) groups is 1. The molecule has 20 heavy (non-hydrogen) atoms. The molecule has 2 rings (SSSR count). The molecule has 5 heteroatoms. The molecule has 0 aliphatic rings. The van der Waals surface area contributed by atoms with Crippen molar-refractivity contribution in [3.05, 3.63) is 41.2 Å². The van der Waals surface area contributed by atoms with E-state index in [4.69, 9.17) is 5.11 Å². The number of hydrogen-bond acceptors (Lipinski definition) is 3. The zero-order valence-electron chi connectivity index (χ0n) is 12.2. The summed E-state index contributed by atoms with van der Waals surface area (Å²) in [6, 6.07) is 8.08. The predicted octanol–water partition coefficient (Wildman–Crippen LogP) is 2.50. The monoisotopic (exact) mass is 273 g/mol. The van der Waals surface area contributed by atoms with Gasteiger partial charge in [0.15, 0.2) is 0 Å². The van der Waals surface area contributed by atoms with Crippen LogP contribution in [0, 0.1) is 6.92 Å². The van der Waals surface area contributed by atoms with Crippen LogP contribution >= 0.6 is 0 Å². The third-order valence-electron chi connectivity index (χ3n) is 3.29. The molecule has 1 aromatic heterocycles. The summed E-state index contributed by atoms with van der Waals surface area (Å²) in [7, 11) is 0. The van der Waals surface area contributed by atoms with Gasteiger partial charge in [-0.05, 0) is 30.0 Å². The minimum atomic E-state index is -0.900. The number of hydrogen-bond donors (Lipinski definition) is 1. The fourth-order valence-electron chi connectivity index (χ4n) is 2.01. The molecule has 5 nitrogen and oxygen atoms in total. The Morgan fingerprint density at radius 1 is 1.25 bits per heavy atom. The minimum absolute atomic E-state index is 0.102. The largest absolute Gasteiger partial charge is 0.481 e. The third-order valence-corrected chi connectivity index (χ3v) is 3.29. The molecule has 0 bridgehead atoms. The van der Waals surface area contributed by atoms with E-state index in [0.29, 0.717) is 5.69 Å². The van der Waals surface area contributed by atoms with Crippen LogP contribution in [0.5, 0.6) is 0 Å². The second-order valence-corrected chi connectivity index (χ2v) is 5.90. The van der Waals surface area contributed by atoms with Gasteiger partial charge in [-0.1, -0.05) is 38.1 Å². The molecule has 0 saturated carbocycles. The highest BCUT2D eigenvalue weighted by Gasteiger charge is 2.15. The average molecular weight is 273 g/mol. The number of aromatic nitrogens is 3. The standard InChI is InChI=1S/C15H19N3O2/c1-10-13(9-14(19)20)16-17-18(10)12-7-5-11(6-8-12)15(2,3)4/h5-8H,9H2,1-4H3,(H,19,20). The maximum Gasteiger partial charge on any atom is 0.309 e. The van der Waals surface area contributed by atoms with Crippen LogP contribution in [-0.4, -0.2) is 26.1 Å². The van der Waals surface area contributed by atoms with Crippen molar-refractivity contribution in [2.24, 2.45) is 0 Å². The van der Waals surface area contributed by atoms with Gasteiger partial charge in [-0.15, -0.1) is 5.10 Å². The van der Waals surface area contributed by atoms with Crippen molar-refractivity contribution in [3.63, 3.8) is 0 Å². The van der Waals surface area contributed by atoms with E-state index in [0.717, 1.165) is 11.4 Å². The molecule has 2 aromatic rings. The van der Waals surface area contributed by atoms with Crippen LogP contribution in [0.2, 0.25) is 0 Å². The van der Waals surface area contributed by atoms with Gasteiger partial charge in [0.05, 0.1) is 23.5 Å². The molecule has 0 spiro atoms. The summed E-state index contributed by atoms with van der Waals surface area (Å²) < 4.78 is 1.67. The molecule has 0 unspecified atom stereocenters. The summed E-state index contributed by atoms with van der Waals surface area (Å²) >= 11 is 0. The maximum atomic E-state index is 10.7. The summed E-state index contributed by atoms with van der Waals surface area (Å²) in [6.45, 7) is 8.31. The molecule has 1 N–H and O–H groups in total. The fraction of sp³-hybridized carbons (Fsp3) is 0.400. The lowest BCUT2D eigenvalue weighted by Gasteiger charge is -2.19. The van der Waals surface area contributed by atoms with Crippen molar-refractivity contribution in [1.82, 2.24) is 15.0 Å². The summed E-state index contributed by atoms with van der Waals surface area (Å²) in [5, 5.41) is 16.8. The lowest BCUT2D eigenvalue weighted by atomic mass is 9.87. The SMILES string of the molecule is Cc1c(CC(=O)O)nnn1-c1ccc(C(C)(C)C)cc1. The Kier molecular flexibility index (Phi) is 3.61. The Balaban J connectivity index is 2.33. The van der Waals surface area contributed by atoms with Crippen LogP contribution in [0.1, 0.15) is 37.7 Å². The molecule has 0 aliphatic carbocycles. The van der Waals surface area contributed by atoms with Crippen molar-refractivity contribution in [2.45, 2.75) is 39.5 Å². The van der Waals surface area contributed by atoms with E-state index in [-0.39, 0.29) is 11.8 Å². The van der Waals surface area contributed by atoms with E-state index in [1.165, 1.54) is 5.56 Å². The molecule has 0 fully saturated rings. The lowest BCUT2D eigenvalue weighted by molar-refractivity contribution is -0.136. The highest BCUT2D eigenvalue weighted by atomic mass is 16.4. The van der Waals surface area contributed by atoms with Crippen LogP contribution in [0.25, 0.3) is 5.69 Å². The Morgan fingerprint density at radius 3 is 2.35 bits per heavy atom. The first-order chi connectivity index (χ1) is 9.29. The molecule has 0 amide bonds. The number of carboxylic acids is 1. The third kappa shape index (κ3) is 2.87. The van der Waals surface area contributed by atoms with E-state index >= 15 is 0 Å². The van der Waals surface area contributed by atoms with E-state index in [1.54, 1.807) is 4.68 Å². The fourth-order valence-corrected chi connectivity index (χ4v) is 2.01. The van der Waals surface area contributed by atoms with Crippen LogP contribution in [0.4, 0.5) is 0 Å². The van der Waals surface area contributed by atoms with Crippen molar-refractivity contribution >= 4 is 5.97 Å². The Bertz CT molecular complexity index is 622. The Morgan fingerprint density at radius 2 is 1.85 bits per heavy atom. The average Bonchev–Trinajstić information content (AvgIpc) is 2.69. The second-order valence-electron chi connectivity index (χ2n) is 5.90.